The Kier molecular flexibility index (Phi) is 7.80. The van der Waals surface area contributed by atoms with Crippen molar-refractivity contribution in [1.29, 1.82) is 0 Å². The maximum absolute atomic E-state index is 13.3. The van der Waals surface area contributed by atoms with Crippen LogP contribution in [0.25, 0.3) is 0 Å². The molecule has 2 fully saturated rings. The van der Waals surface area contributed by atoms with Gasteiger partial charge in [-0.1, -0.05) is 49.2 Å². The van der Waals surface area contributed by atoms with Crippen molar-refractivity contribution in [3.63, 3.8) is 0 Å². The number of methoxy groups -OCH3 is 1. The van der Waals surface area contributed by atoms with E-state index in [2.05, 4.69) is 16.0 Å². The summed E-state index contributed by atoms with van der Waals surface area (Å²) in [6.45, 7) is 0. The molecule has 8 heteroatoms. The molecule has 0 aromatic heterocycles. The van der Waals surface area contributed by atoms with Crippen LogP contribution in [0.2, 0.25) is 0 Å². The Morgan fingerprint density at radius 3 is 2.31 bits per heavy atom. The fourth-order valence-corrected chi connectivity index (χ4v) is 3.90. The average Bonchev–Trinajstić information content (AvgIpc) is 3.80. The van der Waals surface area contributed by atoms with E-state index in [0.29, 0.717) is 23.7 Å². The van der Waals surface area contributed by atoms with Gasteiger partial charge in [0, 0.05) is 18.0 Å². The van der Waals surface area contributed by atoms with E-state index in [-0.39, 0.29) is 12.5 Å². The van der Waals surface area contributed by atoms with E-state index < -0.39 is 35.6 Å². The summed E-state index contributed by atoms with van der Waals surface area (Å²) in [7, 11) is 1.52. The van der Waals surface area contributed by atoms with Crippen molar-refractivity contribution in [2.24, 2.45) is 5.92 Å². The van der Waals surface area contributed by atoms with E-state index >= 15 is 0 Å². The second-order valence-corrected chi connectivity index (χ2v) is 9.30. The standard InChI is InChI=1S/C27H31N3O5/c1-35-21-9-5-8-19(16-21)25(32)30-23(15-18-10-11-18)26(33)29-22(14-17-6-3-2-4-7-17)24(31)27(34)28-20-12-13-20/h2-9,16,18,20,22-23H,10-15H2,1H3,(H,28,34)(H,29,33)(H,30,32)/t22-,23+/m1/s1. The number of hydrogen-bond donors (Lipinski definition) is 3. The maximum atomic E-state index is 13.3. The van der Waals surface area contributed by atoms with Gasteiger partial charge in [-0.2, -0.15) is 0 Å². The van der Waals surface area contributed by atoms with Gasteiger partial charge in [-0.05, 0) is 48.9 Å². The zero-order chi connectivity index (χ0) is 24.8. The monoisotopic (exact) mass is 477 g/mol. The van der Waals surface area contributed by atoms with Crippen LogP contribution in [0.5, 0.6) is 5.75 Å². The number of hydrogen-bond acceptors (Lipinski definition) is 5. The molecule has 2 aromatic rings. The number of benzene rings is 2. The topological polar surface area (TPSA) is 114 Å². The van der Waals surface area contributed by atoms with Gasteiger partial charge in [-0.25, -0.2) is 0 Å². The third kappa shape index (κ3) is 7.15. The third-order valence-corrected chi connectivity index (χ3v) is 6.27. The molecule has 0 radical (unpaired) electrons. The van der Waals surface area contributed by atoms with Gasteiger partial charge in [-0.15, -0.1) is 0 Å². The molecule has 0 saturated heterocycles. The molecule has 8 nitrogen and oxygen atoms in total. The highest BCUT2D eigenvalue weighted by atomic mass is 16.5. The molecule has 2 atom stereocenters. The van der Waals surface area contributed by atoms with E-state index in [1.165, 1.54) is 7.11 Å². The minimum Gasteiger partial charge on any atom is -0.497 e. The number of ether oxygens (including phenoxy) is 1. The molecule has 2 aliphatic rings. The molecule has 0 heterocycles. The number of carbonyl (C=O) groups is 4. The minimum absolute atomic E-state index is 0.0318. The van der Waals surface area contributed by atoms with Crippen LogP contribution >= 0.6 is 0 Å². The molecule has 184 valence electrons. The second kappa shape index (κ2) is 11.2. The summed E-state index contributed by atoms with van der Waals surface area (Å²) in [5.41, 5.74) is 1.20. The molecule has 35 heavy (non-hydrogen) atoms. The Hall–Kier alpha value is -3.68. The number of rotatable bonds is 12. The van der Waals surface area contributed by atoms with Gasteiger partial charge in [0.15, 0.2) is 0 Å². The van der Waals surface area contributed by atoms with Crippen LogP contribution in [-0.2, 0) is 20.8 Å². The Balaban J connectivity index is 1.48. The molecule has 2 aliphatic carbocycles. The van der Waals surface area contributed by atoms with Crippen LogP contribution in [0.4, 0.5) is 0 Å². The largest absolute Gasteiger partial charge is 0.497 e. The fraction of sp³-hybridized carbons (Fsp3) is 0.407. The van der Waals surface area contributed by atoms with Gasteiger partial charge in [0.05, 0.1) is 7.11 Å². The molecule has 3 amide bonds. The molecule has 3 N–H and O–H groups in total. The predicted molar refractivity (Wildman–Crippen MR) is 130 cm³/mol. The lowest BCUT2D eigenvalue weighted by molar-refractivity contribution is -0.140. The lowest BCUT2D eigenvalue weighted by Gasteiger charge is -2.23. The Morgan fingerprint density at radius 2 is 1.66 bits per heavy atom. The van der Waals surface area contributed by atoms with E-state index in [9.17, 15) is 19.2 Å². The lowest BCUT2D eigenvalue weighted by Crippen LogP contribution is -2.54. The highest BCUT2D eigenvalue weighted by Gasteiger charge is 2.35. The molecular weight excluding hydrogens is 446 g/mol. The molecule has 4 rings (SSSR count). The van der Waals surface area contributed by atoms with Crippen molar-refractivity contribution in [1.82, 2.24) is 16.0 Å². The van der Waals surface area contributed by atoms with Crippen molar-refractivity contribution in [3.8, 4) is 5.75 Å². The smallest absolute Gasteiger partial charge is 0.289 e. The number of amides is 3. The summed E-state index contributed by atoms with van der Waals surface area (Å²) in [5.74, 6) is -1.36. The zero-order valence-electron chi connectivity index (χ0n) is 19.8. The first-order valence-electron chi connectivity index (χ1n) is 12.1. The Bertz CT molecular complexity index is 1080. The first-order valence-corrected chi connectivity index (χ1v) is 12.1. The zero-order valence-corrected chi connectivity index (χ0v) is 19.8. The van der Waals surface area contributed by atoms with E-state index in [0.717, 1.165) is 31.2 Å². The van der Waals surface area contributed by atoms with Crippen LogP contribution in [0.3, 0.4) is 0 Å². The van der Waals surface area contributed by atoms with Crippen molar-refractivity contribution < 1.29 is 23.9 Å². The van der Waals surface area contributed by atoms with Gasteiger partial charge >= 0.3 is 0 Å². The number of Topliss-reactive ketones (excluding diaryl/α,β-unsaturated/α-hetero) is 1. The summed E-state index contributed by atoms with van der Waals surface area (Å²) in [6, 6.07) is 14.1. The van der Waals surface area contributed by atoms with Gasteiger partial charge in [0.2, 0.25) is 11.7 Å². The second-order valence-electron chi connectivity index (χ2n) is 9.30. The highest BCUT2D eigenvalue weighted by molar-refractivity contribution is 6.38. The molecule has 2 saturated carbocycles. The summed E-state index contributed by atoms with van der Waals surface area (Å²) in [6.07, 6.45) is 4.36. The third-order valence-electron chi connectivity index (χ3n) is 6.27. The first-order chi connectivity index (χ1) is 16.9. The van der Waals surface area contributed by atoms with Gasteiger partial charge in [-0.3, -0.25) is 19.2 Å². The lowest BCUT2D eigenvalue weighted by atomic mass is 10.0. The summed E-state index contributed by atoms with van der Waals surface area (Å²) in [5, 5.41) is 8.29. The maximum Gasteiger partial charge on any atom is 0.289 e. The number of ketones is 1. The fourth-order valence-electron chi connectivity index (χ4n) is 3.90. The van der Waals surface area contributed by atoms with Crippen LogP contribution in [0, 0.1) is 5.92 Å². The van der Waals surface area contributed by atoms with Crippen LogP contribution < -0.4 is 20.7 Å². The SMILES string of the molecule is COc1cccc(C(=O)N[C@@H](CC2CC2)C(=O)N[C@H](Cc2ccccc2)C(=O)C(=O)NC2CC2)c1. The van der Waals surface area contributed by atoms with Crippen molar-refractivity contribution in [3.05, 3.63) is 65.7 Å². The van der Waals surface area contributed by atoms with Crippen molar-refractivity contribution in [2.75, 3.05) is 7.11 Å². The summed E-state index contributed by atoms with van der Waals surface area (Å²) in [4.78, 5) is 51.7. The minimum atomic E-state index is -1.03. The average molecular weight is 478 g/mol. The van der Waals surface area contributed by atoms with Crippen LogP contribution in [-0.4, -0.2) is 48.7 Å². The van der Waals surface area contributed by atoms with Gasteiger partial charge in [0.1, 0.15) is 17.8 Å². The van der Waals surface area contributed by atoms with Crippen molar-refractivity contribution in [2.45, 2.75) is 56.7 Å². The van der Waals surface area contributed by atoms with E-state index in [1.54, 1.807) is 24.3 Å². The predicted octanol–water partition coefficient (Wildman–Crippen LogP) is 2.17. The molecule has 0 unspecified atom stereocenters. The quantitative estimate of drug-likeness (QED) is 0.406. The molecule has 2 aromatic carbocycles. The molecule has 0 bridgehead atoms. The van der Waals surface area contributed by atoms with Gasteiger partial charge < -0.3 is 20.7 Å². The Morgan fingerprint density at radius 1 is 0.914 bits per heavy atom. The van der Waals surface area contributed by atoms with Crippen LogP contribution in [0.15, 0.2) is 54.6 Å². The van der Waals surface area contributed by atoms with Crippen molar-refractivity contribution >= 4 is 23.5 Å². The molecule has 0 spiro atoms. The number of nitrogens with one attached hydrogen (secondary N) is 3. The van der Waals surface area contributed by atoms with Crippen LogP contribution in [0.1, 0.15) is 48.0 Å². The van der Waals surface area contributed by atoms with E-state index in [4.69, 9.17) is 4.74 Å². The normalized spacial score (nSPS) is 16.5. The first kappa shape index (κ1) is 24.4. The number of carbonyl (C=O) groups excluding carboxylic acids is 4. The van der Waals surface area contributed by atoms with Gasteiger partial charge in [0.25, 0.3) is 11.8 Å². The summed E-state index contributed by atoms with van der Waals surface area (Å²) >= 11 is 0. The summed E-state index contributed by atoms with van der Waals surface area (Å²) < 4.78 is 5.19. The molecular formula is C27H31N3O5. The molecule has 0 aliphatic heterocycles. The Labute approximate surface area is 204 Å². The van der Waals surface area contributed by atoms with E-state index in [1.807, 2.05) is 30.3 Å². The highest BCUT2D eigenvalue weighted by Crippen LogP contribution is 2.33.